The second-order valence-corrected chi connectivity index (χ2v) is 7.14. The fourth-order valence-electron chi connectivity index (χ4n) is 3.46. The largest absolute Gasteiger partial charge is 0.507 e. The predicted octanol–water partition coefficient (Wildman–Crippen LogP) is 3.56. The molecular weight excluding hydrogens is 350 g/mol. The second kappa shape index (κ2) is 7.05. The zero-order valence-electron chi connectivity index (χ0n) is 14.5. The minimum Gasteiger partial charge on any atom is -0.507 e. The molecule has 0 bridgehead atoms. The van der Waals surface area contributed by atoms with Gasteiger partial charge in [0.25, 0.3) is 0 Å². The number of anilines is 1. The number of likely N-dealkylation sites (N-methyl/N-ethyl adjacent to an activating group) is 1. The Morgan fingerprint density at radius 1 is 1.27 bits per heavy atom. The molecule has 6 nitrogen and oxygen atoms in total. The third-order valence-electron chi connectivity index (χ3n) is 4.72. The summed E-state index contributed by atoms with van der Waals surface area (Å²) in [5.74, 6) is 0.791. The Labute approximate surface area is 156 Å². The number of benzene rings is 1. The minimum atomic E-state index is 0.0633. The van der Waals surface area contributed by atoms with Crippen molar-refractivity contribution in [3.8, 4) is 17.0 Å². The van der Waals surface area contributed by atoms with E-state index >= 15 is 0 Å². The molecule has 1 fully saturated rings. The van der Waals surface area contributed by atoms with E-state index in [0.717, 1.165) is 37.1 Å². The summed E-state index contributed by atoms with van der Waals surface area (Å²) in [6, 6.07) is 9.14. The number of phenols is 1. The lowest BCUT2D eigenvalue weighted by atomic mass is 10.1. The van der Waals surface area contributed by atoms with Gasteiger partial charge in [-0.25, -0.2) is 0 Å². The molecule has 0 amide bonds. The number of halogens is 1. The van der Waals surface area contributed by atoms with Crippen LogP contribution in [0, 0.1) is 0 Å². The van der Waals surface area contributed by atoms with Crippen molar-refractivity contribution in [3.63, 3.8) is 0 Å². The van der Waals surface area contributed by atoms with Gasteiger partial charge in [-0.15, -0.1) is 10.2 Å². The number of nitrogens with zero attached hydrogens (tertiary/aromatic N) is 4. The number of piperidine rings is 1. The van der Waals surface area contributed by atoms with Gasteiger partial charge >= 0.3 is 0 Å². The number of rotatable bonds is 3. The first kappa shape index (κ1) is 17.0. The number of nitrogens with one attached hydrogen (secondary N) is 1. The number of phenolic OH excluding ortho intramolecular Hbond substituents is 1. The highest BCUT2D eigenvalue weighted by Gasteiger charge is 2.20. The first-order valence-electron chi connectivity index (χ1n) is 8.67. The van der Waals surface area contributed by atoms with E-state index in [4.69, 9.17) is 11.6 Å². The fourth-order valence-corrected chi connectivity index (χ4v) is 3.62. The topological polar surface area (TPSA) is 74.2 Å². The summed E-state index contributed by atoms with van der Waals surface area (Å²) in [6.07, 6.45) is 3.99. The summed E-state index contributed by atoms with van der Waals surface area (Å²) < 4.78 is 0. The SMILES string of the molecule is CN1CCCC(Nc2nnc(-c3ccc(Cl)cc3O)c3ncccc23)C1. The van der Waals surface area contributed by atoms with Gasteiger partial charge < -0.3 is 15.3 Å². The Bertz CT molecular complexity index is 948. The van der Waals surface area contributed by atoms with Gasteiger partial charge in [-0.3, -0.25) is 4.98 Å². The Kier molecular flexibility index (Phi) is 4.61. The van der Waals surface area contributed by atoms with Crippen molar-refractivity contribution in [3.05, 3.63) is 41.6 Å². The van der Waals surface area contributed by atoms with Crippen LogP contribution in [0.1, 0.15) is 12.8 Å². The number of hydrogen-bond acceptors (Lipinski definition) is 6. The average molecular weight is 370 g/mol. The van der Waals surface area contributed by atoms with Crippen molar-refractivity contribution in [2.45, 2.75) is 18.9 Å². The van der Waals surface area contributed by atoms with E-state index in [1.54, 1.807) is 18.3 Å². The van der Waals surface area contributed by atoms with Crippen molar-refractivity contribution in [1.29, 1.82) is 0 Å². The van der Waals surface area contributed by atoms with E-state index in [9.17, 15) is 5.11 Å². The summed E-state index contributed by atoms with van der Waals surface area (Å²) in [5.41, 5.74) is 1.81. The zero-order chi connectivity index (χ0) is 18.1. The molecule has 1 aliphatic rings. The molecule has 0 aliphatic carbocycles. The maximum Gasteiger partial charge on any atom is 0.158 e. The molecule has 0 spiro atoms. The van der Waals surface area contributed by atoms with Gasteiger partial charge in [0, 0.05) is 34.8 Å². The number of likely N-dealkylation sites (tertiary alicyclic amines) is 1. The molecule has 7 heteroatoms. The second-order valence-electron chi connectivity index (χ2n) is 6.70. The van der Waals surface area contributed by atoms with E-state index < -0.39 is 0 Å². The molecule has 3 heterocycles. The number of fused-ring (bicyclic) bond motifs is 1. The van der Waals surface area contributed by atoms with Crippen LogP contribution in [-0.2, 0) is 0 Å². The van der Waals surface area contributed by atoms with Gasteiger partial charge in [0.2, 0.25) is 0 Å². The Morgan fingerprint density at radius 3 is 2.96 bits per heavy atom. The highest BCUT2D eigenvalue weighted by Crippen LogP contribution is 2.35. The summed E-state index contributed by atoms with van der Waals surface area (Å²) in [7, 11) is 2.13. The van der Waals surface area contributed by atoms with Crippen LogP contribution >= 0.6 is 11.6 Å². The van der Waals surface area contributed by atoms with Crippen LogP contribution in [0.5, 0.6) is 5.75 Å². The molecule has 3 aromatic rings. The Morgan fingerprint density at radius 2 is 2.15 bits per heavy atom. The molecule has 2 N–H and O–H groups in total. The van der Waals surface area contributed by atoms with Gasteiger partial charge in [0.1, 0.15) is 17.0 Å². The van der Waals surface area contributed by atoms with E-state index in [-0.39, 0.29) is 5.75 Å². The zero-order valence-corrected chi connectivity index (χ0v) is 15.2. The number of pyridine rings is 1. The third-order valence-corrected chi connectivity index (χ3v) is 4.95. The fraction of sp³-hybridized carbons (Fsp3) is 0.316. The number of aromatic nitrogens is 3. The first-order valence-corrected chi connectivity index (χ1v) is 9.05. The van der Waals surface area contributed by atoms with Crippen LogP contribution in [0.15, 0.2) is 36.5 Å². The van der Waals surface area contributed by atoms with Crippen molar-refractivity contribution in [2.75, 3.05) is 25.5 Å². The third kappa shape index (κ3) is 3.30. The van der Waals surface area contributed by atoms with Crippen LogP contribution in [0.4, 0.5) is 5.82 Å². The first-order chi connectivity index (χ1) is 12.6. The molecule has 1 saturated heterocycles. The van der Waals surface area contributed by atoms with Gasteiger partial charge in [0.15, 0.2) is 5.82 Å². The van der Waals surface area contributed by atoms with Crippen molar-refractivity contribution in [2.24, 2.45) is 0 Å². The molecule has 4 rings (SSSR count). The monoisotopic (exact) mass is 369 g/mol. The molecule has 1 aliphatic heterocycles. The summed E-state index contributed by atoms with van der Waals surface area (Å²) in [4.78, 5) is 6.81. The maximum absolute atomic E-state index is 10.3. The van der Waals surface area contributed by atoms with Gasteiger partial charge in [-0.2, -0.15) is 0 Å². The smallest absolute Gasteiger partial charge is 0.158 e. The summed E-state index contributed by atoms with van der Waals surface area (Å²) in [5, 5.41) is 23.9. The molecule has 0 saturated carbocycles. The predicted molar refractivity (Wildman–Crippen MR) is 104 cm³/mol. The van der Waals surface area contributed by atoms with Crippen molar-refractivity contribution >= 4 is 28.3 Å². The average Bonchev–Trinajstić information content (AvgIpc) is 2.63. The van der Waals surface area contributed by atoms with Gasteiger partial charge in [-0.05, 0) is 56.8 Å². The highest BCUT2D eigenvalue weighted by molar-refractivity contribution is 6.30. The lowest BCUT2D eigenvalue weighted by Crippen LogP contribution is -2.40. The molecule has 2 aromatic heterocycles. The summed E-state index contributed by atoms with van der Waals surface area (Å²) >= 11 is 5.94. The molecule has 1 unspecified atom stereocenters. The van der Waals surface area contributed by atoms with Crippen molar-refractivity contribution in [1.82, 2.24) is 20.1 Å². The lowest BCUT2D eigenvalue weighted by molar-refractivity contribution is 0.261. The van der Waals surface area contributed by atoms with Crippen LogP contribution < -0.4 is 5.32 Å². The van der Waals surface area contributed by atoms with E-state index in [0.29, 0.717) is 27.8 Å². The normalized spacial score (nSPS) is 18.2. The van der Waals surface area contributed by atoms with Crippen LogP contribution in [0.25, 0.3) is 22.2 Å². The van der Waals surface area contributed by atoms with E-state index in [1.807, 2.05) is 12.1 Å². The Hall–Kier alpha value is -2.44. The van der Waals surface area contributed by atoms with E-state index in [1.165, 1.54) is 6.07 Å². The molecule has 134 valence electrons. The lowest BCUT2D eigenvalue weighted by Gasteiger charge is -2.30. The van der Waals surface area contributed by atoms with Gasteiger partial charge in [-0.1, -0.05) is 11.6 Å². The molecular formula is C19H20ClN5O. The molecule has 1 atom stereocenters. The maximum atomic E-state index is 10.3. The molecule has 1 aromatic carbocycles. The number of aromatic hydroxyl groups is 1. The molecule has 26 heavy (non-hydrogen) atoms. The quantitative estimate of drug-likeness (QED) is 0.735. The minimum absolute atomic E-state index is 0.0633. The highest BCUT2D eigenvalue weighted by atomic mass is 35.5. The van der Waals surface area contributed by atoms with Crippen LogP contribution in [-0.4, -0.2) is 51.4 Å². The Balaban J connectivity index is 1.76. The van der Waals surface area contributed by atoms with Crippen molar-refractivity contribution < 1.29 is 5.11 Å². The summed E-state index contributed by atoms with van der Waals surface area (Å²) in [6.45, 7) is 2.10. The standard InChI is InChI=1S/C19H20ClN5O/c1-25-9-3-4-13(11-25)22-19-15-5-2-8-21-17(15)18(23-24-19)14-7-6-12(20)10-16(14)26/h2,5-8,10,13,26H,3-4,9,11H2,1H3,(H,22,24). The van der Waals surface area contributed by atoms with Crippen LogP contribution in [0.3, 0.4) is 0 Å². The van der Waals surface area contributed by atoms with E-state index in [2.05, 4.69) is 32.4 Å². The molecule has 0 radical (unpaired) electrons. The number of hydrogen-bond donors (Lipinski definition) is 2. The van der Waals surface area contributed by atoms with Crippen LogP contribution in [0.2, 0.25) is 5.02 Å². The van der Waals surface area contributed by atoms with Gasteiger partial charge in [0.05, 0.1) is 0 Å².